The first-order chi connectivity index (χ1) is 9.11. The maximum Gasteiger partial charge on any atom is 0.191 e. The number of benzene rings is 1. The first-order valence-electron chi connectivity index (χ1n) is 6.45. The minimum absolute atomic E-state index is 0.741. The lowest BCUT2D eigenvalue weighted by atomic mass is 10.2. The minimum atomic E-state index is 0.741. The van der Waals surface area contributed by atoms with E-state index in [1.165, 1.54) is 5.56 Å². The lowest BCUT2D eigenvalue weighted by Gasteiger charge is -2.13. The van der Waals surface area contributed by atoms with Gasteiger partial charge in [0.05, 0.1) is 0 Å². The molecule has 0 amide bonds. The maximum atomic E-state index is 5.85. The summed E-state index contributed by atoms with van der Waals surface area (Å²) in [6, 6.07) is 7.81. The van der Waals surface area contributed by atoms with E-state index in [2.05, 4.69) is 34.6 Å². The molecule has 1 aromatic rings. The zero-order valence-electron chi connectivity index (χ0n) is 11.9. The quantitative estimate of drug-likeness (QED) is 0.476. The summed E-state index contributed by atoms with van der Waals surface area (Å²) in [7, 11) is 5.93. The zero-order valence-corrected chi connectivity index (χ0v) is 12.7. The highest BCUT2D eigenvalue weighted by molar-refractivity contribution is 6.30. The van der Waals surface area contributed by atoms with Crippen LogP contribution in [-0.2, 0) is 6.54 Å². The number of guanidine groups is 1. The van der Waals surface area contributed by atoms with Crippen LogP contribution in [0.1, 0.15) is 12.0 Å². The van der Waals surface area contributed by atoms with Gasteiger partial charge in [-0.15, -0.1) is 0 Å². The normalized spacial score (nSPS) is 11.7. The summed E-state index contributed by atoms with van der Waals surface area (Å²) in [6.45, 7) is 2.73. The van der Waals surface area contributed by atoms with Gasteiger partial charge < -0.3 is 15.5 Å². The molecular formula is C14H23ClN4. The van der Waals surface area contributed by atoms with Crippen molar-refractivity contribution in [3.8, 4) is 0 Å². The van der Waals surface area contributed by atoms with Crippen molar-refractivity contribution in [3.05, 3.63) is 34.9 Å². The summed E-state index contributed by atoms with van der Waals surface area (Å²) >= 11 is 5.85. The van der Waals surface area contributed by atoms with E-state index in [4.69, 9.17) is 11.6 Å². The Balaban J connectivity index is 2.27. The summed E-state index contributed by atoms with van der Waals surface area (Å²) < 4.78 is 0. The molecule has 0 bridgehead atoms. The van der Waals surface area contributed by atoms with E-state index >= 15 is 0 Å². The SMILES string of the molecule is CN=C(NCCCN(C)C)NCc1ccc(Cl)cc1. The zero-order chi connectivity index (χ0) is 14.1. The van der Waals surface area contributed by atoms with Crippen LogP contribution in [0.25, 0.3) is 0 Å². The van der Waals surface area contributed by atoms with Crippen LogP contribution in [0.2, 0.25) is 5.02 Å². The van der Waals surface area contributed by atoms with Crippen molar-refractivity contribution in [2.24, 2.45) is 4.99 Å². The van der Waals surface area contributed by atoms with Crippen molar-refractivity contribution >= 4 is 17.6 Å². The number of hydrogen-bond donors (Lipinski definition) is 2. The van der Waals surface area contributed by atoms with Crippen LogP contribution in [0, 0.1) is 0 Å². The highest BCUT2D eigenvalue weighted by atomic mass is 35.5. The van der Waals surface area contributed by atoms with Gasteiger partial charge in [-0.3, -0.25) is 4.99 Å². The Morgan fingerprint density at radius 2 is 1.89 bits per heavy atom. The second-order valence-corrected chi connectivity index (χ2v) is 5.07. The second kappa shape index (κ2) is 8.77. The van der Waals surface area contributed by atoms with Crippen molar-refractivity contribution in [3.63, 3.8) is 0 Å². The molecule has 1 aromatic carbocycles. The van der Waals surface area contributed by atoms with Crippen LogP contribution >= 0.6 is 11.6 Å². The van der Waals surface area contributed by atoms with Crippen LogP contribution in [0.15, 0.2) is 29.3 Å². The molecule has 0 aromatic heterocycles. The Morgan fingerprint density at radius 1 is 1.21 bits per heavy atom. The van der Waals surface area contributed by atoms with Crippen LogP contribution in [0.3, 0.4) is 0 Å². The van der Waals surface area contributed by atoms with E-state index in [0.717, 1.165) is 37.0 Å². The third kappa shape index (κ3) is 7.03. The van der Waals surface area contributed by atoms with Gasteiger partial charge in [-0.2, -0.15) is 0 Å². The Morgan fingerprint density at radius 3 is 2.47 bits per heavy atom. The van der Waals surface area contributed by atoms with Crippen LogP contribution < -0.4 is 10.6 Å². The van der Waals surface area contributed by atoms with E-state index < -0.39 is 0 Å². The van der Waals surface area contributed by atoms with Crippen molar-refractivity contribution in [2.45, 2.75) is 13.0 Å². The van der Waals surface area contributed by atoms with Crippen molar-refractivity contribution in [2.75, 3.05) is 34.2 Å². The summed E-state index contributed by atoms with van der Waals surface area (Å²) in [5.74, 6) is 0.828. The third-order valence-electron chi connectivity index (χ3n) is 2.67. The molecule has 0 radical (unpaired) electrons. The van der Waals surface area contributed by atoms with E-state index in [1.807, 2.05) is 24.3 Å². The van der Waals surface area contributed by atoms with Gasteiger partial charge in [0, 0.05) is 25.2 Å². The smallest absolute Gasteiger partial charge is 0.191 e. The summed E-state index contributed by atoms with van der Waals surface area (Å²) in [4.78, 5) is 6.36. The highest BCUT2D eigenvalue weighted by Crippen LogP contribution is 2.08. The van der Waals surface area contributed by atoms with Crippen LogP contribution in [0.4, 0.5) is 0 Å². The molecular weight excluding hydrogens is 260 g/mol. The lowest BCUT2D eigenvalue weighted by Crippen LogP contribution is -2.38. The Hall–Kier alpha value is -1.26. The summed E-state index contributed by atoms with van der Waals surface area (Å²) in [5, 5.41) is 7.33. The molecule has 0 spiro atoms. The van der Waals surface area contributed by atoms with Gasteiger partial charge in [-0.25, -0.2) is 0 Å². The number of hydrogen-bond acceptors (Lipinski definition) is 2. The van der Waals surface area contributed by atoms with Crippen LogP contribution in [-0.4, -0.2) is 45.1 Å². The molecule has 0 fully saturated rings. The second-order valence-electron chi connectivity index (χ2n) is 4.64. The molecule has 0 unspecified atom stereocenters. The molecule has 0 saturated heterocycles. The summed E-state index contributed by atoms with van der Waals surface area (Å²) in [6.07, 6.45) is 1.09. The molecule has 0 atom stereocenters. The topological polar surface area (TPSA) is 39.7 Å². The third-order valence-corrected chi connectivity index (χ3v) is 2.92. The largest absolute Gasteiger partial charge is 0.356 e. The highest BCUT2D eigenvalue weighted by Gasteiger charge is 1.98. The molecule has 2 N–H and O–H groups in total. The molecule has 0 heterocycles. The first-order valence-corrected chi connectivity index (χ1v) is 6.83. The summed E-state index contributed by atoms with van der Waals surface area (Å²) in [5.41, 5.74) is 1.18. The fraction of sp³-hybridized carbons (Fsp3) is 0.500. The van der Waals surface area contributed by atoms with E-state index in [9.17, 15) is 0 Å². The number of aliphatic imine (C=N–C) groups is 1. The molecule has 0 aliphatic rings. The number of halogens is 1. The fourth-order valence-corrected chi connectivity index (χ4v) is 1.74. The number of rotatable bonds is 6. The average Bonchev–Trinajstić information content (AvgIpc) is 2.39. The molecule has 1 rings (SSSR count). The van der Waals surface area contributed by atoms with Crippen molar-refractivity contribution < 1.29 is 0 Å². The van der Waals surface area contributed by atoms with Gasteiger partial charge in [0.25, 0.3) is 0 Å². The minimum Gasteiger partial charge on any atom is -0.356 e. The monoisotopic (exact) mass is 282 g/mol. The predicted octanol–water partition coefficient (Wildman–Crippen LogP) is 1.96. The van der Waals surface area contributed by atoms with Gasteiger partial charge in [0.2, 0.25) is 0 Å². The molecule has 0 aliphatic heterocycles. The number of nitrogens with one attached hydrogen (secondary N) is 2. The maximum absolute atomic E-state index is 5.85. The van der Waals surface area contributed by atoms with Gasteiger partial charge in [0.15, 0.2) is 5.96 Å². The first kappa shape index (κ1) is 15.8. The molecule has 0 aliphatic carbocycles. The molecule has 0 saturated carbocycles. The Kier molecular flexibility index (Phi) is 7.30. The van der Waals surface area contributed by atoms with E-state index in [0.29, 0.717) is 0 Å². The Bertz CT molecular complexity index is 387. The number of nitrogens with zero attached hydrogens (tertiary/aromatic N) is 2. The molecule has 5 heteroatoms. The van der Waals surface area contributed by atoms with Crippen LogP contribution in [0.5, 0.6) is 0 Å². The van der Waals surface area contributed by atoms with Gasteiger partial charge in [-0.1, -0.05) is 23.7 Å². The van der Waals surface area contributed by atoms with E-state index in [1.54, 1.807) is 7.05 Å². The standard InChI is InChI=1S/C14H23ClN4/c1-16-14(17-9-4-10-19(2)3)18-11-12-5-7-13(15)8-6-12/h5-8H,4,9-11H2,1-3H3,(H2,16,17,18). The Labute approximate surface area is 120 Å². The molecule has 19 heavy (non-hydrogen) atoms. The molecule has 4 nitrogen and oxygen atoms in total. The van der Waals surface area contributed by atoms with Crippen molar-refractivity contribution in [1.29, 1.82) is 0 Å². The average molecular weight is 283 g/mol. The van der Waals surface area contributed by atoms with Gasteiger partial charge in [0.1, 0.15) is 0 Å². The van der Waals surface area contributed by atoms with Gasteiger partial charge >= 0.3 is 0 Å². The molecule has 106 valence electrons. The fourth-order valence-electron chi connectivity index (χ4n) is 1.61. The van der Waals surface area contributed by atoms with E-state index in [-0.39, 0.29) is 0 Å². The predicted molar refractivity (Wildman–Crippen MR) is 82.8 cm³/mol. The lowest BCUT2D eigenvalue weighted by molar-refractivity contribution is 0.399. The van der Waals surface area contributed by atoms with Gasteiger partial charge in [-0.05, 0) is 44.8 Å². The van der Waals surface area contributed by atoms with Crippen molar-refractivity contribution in [1.82, 2.24) is 15.5 Å².